The normalized spacial score (nSPS) is 26.9. The Bertz CT molecular complexity index is 649. The van der Waals surface area contributed by atoms with E-state index in [9.17, 15) is 0 Å². The van der Waals surface area contributed by atoms with E-state index in [0.29, 0.717) is 23.0 Å². The minimum atomic E-state index is 0.244. The summed E-state index contributed by atoms with van der Waals surface area (Å²) in [5.74, 6) is 0.637. The van der Waals surface area contributed by atoms with Crippen molar-refractivity contribution in [3.8, 4) is 17.1 Å². The number of hydrogen-bond acceptors (Lipinski definition) is 3. The highest BCUT2D eigenvalue weighted by molar-refractivity contribution is 6.30. The third-order valence-corrected chi connectivity index (χ3v) is 4.77. The third-order valence-electron chi connectivity index (χ3n) is 4.55. The molecule has 2 fully saturated rings. The van der Waals surface area contributed by atoms with Gasteiger partial charge in [-0.25, -0.2) is 4.98 Å². The lowest BCUT2D eigenvalue weighted by Crippen LogP contribution is -2.42. The van der Waals surface area contributed by atoms with Crippen LogP contribution in [0.2, 0.25) is 5.02 Å². The van der Waals surface area contributed by atoms with Crippen LogP contribution in [-0.4, -0.2) is 23.2 Å². The van der Waals surface area contributed by atoms with Gasteiger partial charge in [0.2, 0.25) is 5.88 Å². The molecule has 0 radical (unpaired) electrons. The van der Waals surface area contributed by atoms with Crippen molar-refractivity contribution >= 4 is 11.6 Å². The van der Waals surface area contributed by atoms with Gasteiger partial charge in [0.25, 0.3) is 0 Å². The lowest BCUT2D eigenvalue weighted by Gasteiger charge is -2.29. The molecule has 0 spiro atoms. The first-order valence-electron chi connectivity index (χ1n) is 7.92. The lowest BCUT2D eigenvalue weighted by atomic mass is 10.0. The van der Waals surface area contributed by atoms with Crippen molar-refractivity contribution in [3.05, 3.63) is 47.5 Å². The summed E-state index contributed by atoms with van der Waals surface area (Å²) in [5, 5.41) is 4.30. The fraction of sp³-hybridized carbons (Fsp3) is 0.389. The molecule has 2 bridgehead atoms. The summed E-state index contributed by atoms with van der Waals surface area (Å²) >= 11 is 6.25. The number of piperidine rings is 1. The Hall–Kier alpha value is -1.58. The van der Waals surface area contributed by atoms with Gasteiger partial charge in [-0.15, -0.1) is 0 Å². The Morgan fingerprint density at radius 3 is 2.50 bits per heavy atom. The first-order valence-corrected chi connectivity index (χ1v) is 8.30. The molecule has 1 N–H and O–H groups in total. The SMILES string of the molecule is Clc1cc(OC2C[C@H]3CC[C@@H](C2)N3)nc(-c2ccccc2)c1. The number of fused-ring (bicyclic) bond motifs is 2. The smallest absolute Gasteiger partial charge is 0.215 e. The molecule has 0 amide bonds. The molecule has 1 unspecified atom stereocenters. The average molecular weight is 315 g/mol. The van der Waals surface area contributed by atoms with Gasteiger partial charge < -0.3 is 10.1 Å². The van der Waals surface area contributed by atoms with Gasteiger partial charge in [-0.3, -0.25) is 0 Å². The number of ether oxygens (including phenoxy) is 1. The number of rotatable bonds is 3. The maximum Gasteiger partial charge on any atom is 0.215 e. The molecule has 0 aliphatic carbocycles. The van der Waals surface area contributed by atoms with E-state index in [1.54, 1.807) is 0 Å². The molecule has 3 atom stereocenters. The Balaban J connectivity index is 1.56. The van der Waals surface area contributed by atoms with E-state index in [-0.39, 0.29) is 6.10 Å². The number of nitrogens with one attached hydrogen (secondary N) is 1. The fourth-order valence-electron chi connectivity index (χ4n) is 3.56. The van der Waals surface area contributed by atoms with Crippen LogP contribution in [0.4, 0.5) is 0 Å². The van der Waals surface area contributed by atoms with Gasteiger partial charge in [-0.1, -0.05) is 41.9 Å². The highest BCUT2D eigenvalue weighted by Gasteiger charge is 2.34. The molecule has 1 aromatic carbocycles. The highest BCUT2D eigenvalue weighted by Crippen LogP contribution is 2.31. The zero-order valence-corrected chi connectivity index (χ0v) is 13.1. The summed E-state index contributed by atoms with van der Waals surface area (Å²) in [4.78, 5) is 4.64. The van der Waals surface area contributed by atoms with E-state index >= 15 is 0 Å². The molecule has 2 saturated heterocycles. The Labute approximate surface area is 135 Å². The summed E-state index contributed by atoms with van der Waals surface area (Å²) < 4.78 is 6.14. The Kier molecular flexibility index (Phi) is 3.77. The summed E-state index contributed by atoms with van der Waals surface area (Å²) in [6, 6.07) is 15.0. The second-order valence-electron chi connectivity index (χ2n) is 6.22. The zero-order chi connectivity index (χ0) is 14.9. The molecule has 0 saturated carbocycles. The summed E-state index contributed by atoms with van der Waals surface area (Å²) in [6.07, 6.45) is 4.90. The van der Waals surface area contributed by atoms with Crippen LogP contribution in [-0.2, 0) is 0 Å². The van der Waals surface area contributed by atoms with Gasteiger partial charge in [0, 0.05) is 28.7 Å². The highest BCUT2D eigenvalue weighted by atomic mass is 35.5. The first kappa shape index (κ1) is 14.0. The zero-order valence-electron chi connectivity index (χ0n) is 12.3. The minimum Gasteiger partial charge on any atom is -0.474 e. The van der Waals surface area contributed by atoms with Gasteiger partial charge in [-0.05, 0) is 31.7 Å². The molecule has 3 heterocycles. The van der Waals surface area contributed by atoms with Crippen LogP contribution < -0.4 is 10.1 Å². The largest absolute Gasteiger partial charge is 0.474 e. The molecule has 4 heteroatoms. The molecule has 2 aliphatic rings. The predicted molar refractivity (Wildman–Crippen MR) is 88.3 cm³/mol. The van der Waals surface area contributed by atoms with Gasteiger partial charge in [0.05, 0.1) is 5.69 Å². The maximum absolute atomic E-state index is 6.25. The van der Waals surface area contributed by atoms with Crippen LogP contribution in [0.1, 0.15) is 25.7 Å². The molecular weight excluding hydrogens is 296 g/mol. The minimum absolute atomic E-state index is 0.244. The van der Waals surface area contributed by atoms with Crippen LogP contribution in [0.5, 0.6) is 5.88 Å². The monoisotopic (exact) mass is 314 g/mol. The second kappa shape index (κ2) is 5.90. The van der Waals surface area contributed by atoms with Crippen molar-refractivity contribution in [2.75, 3.05) is 0 Å². The maximum atomic E-state index is 6.25. The van der Waals surface area contributed by atoms with E-state index in [1.807, 2.05) is 42.5 Å². The number of benzene rings is 1. The first-order chi connectivity index (χ1) is 10.8. The number of nitrogens with zero attached hydrogens (tertiary/aromatic N) is 1. The molecule has 2 aromatic rings. The van der Waals surface area contributed by atoms with Gasteiger partial charge in [0.1, 0.15) is 6.10 Å². The van der Waals surface area contributed by atoms with Crippen LogP contribution in [0.3, 0.4) is 0 Å². The standard InChI is InChI=1S/C18H19ClN2O/c19-13-8-17(12-4-2-1-3-5-12)21-18(9-13)22-16-10-14-6-7-15(11-16)20-14/h1-5,8-9,14-16,20H,6-7,10-11H2/t14-,15+,16?. The van der Waals surface area contributed by atoms with Crippen LogP contribution >= 0.6 is 11.6 Å². The second-order valence-corrected chi connectivity index (χ2v) is 6.66. The molecular formula is C18H19ClN2O. The van der Waals surface area contributed by atoms with Gasteiger partial charge >= 0.3 is 0 Å². The fourth-order valence-corrected chi connectivity index (χ4v) is 3.76. The Morgan fingerprint density at radius 1 is 1.05 bits per heavy atom. The van der Waals surface area contributed by atoms with Gasteiger partial charge in [0.15, 0.2) is 0 Å². The van der Waals surface area contributed by atoms with Crippen LogP contribution in [0.25, 0.3) is 11.3 Å². The van der Waals surface area contributed by atoms with E-state index < -0.39 is 0 Å². The third kappa shape index (κ3) is 2.96. The van der Waals surface area contributed by atoms with Crippen LogP contribution in [0, 0.1) is 0 Å². The van der Waals surface area contributed by atoms with Crippen molar-refractivity contribution in [2.24, 2.45) is 0 Å². The Morgan fingerprint density at radius 2 is 1.77 bits per heavy atom. The predicted octanol–water partition coefficient (Wildman–Crippen LogP) is 4.06. The summed E-state index contributed by atoms with van der Waals surface area (Å²) in [6.45, 7) is 0. The molecule has 1 aromatic heterocycles. The van der Waals surface area contributed by atoms with E-state index in [4.69, 9.17) is 16.3 Å². The average Bonchev–Trinajstić information content (AvgIpc) is 2.86. The van der Waals surface area contributed by atoms with Crippen molar-refractivity contribution in [1.82, 2.24) is 10.3 Å². The molecule has 22 heavy (non-hydrogen) atoms. The number of halogens is 1. The molecule has 2 aliphatic heterocycles. The summed E-state index contributed by atoms with van der Waals surface area (Å²) in [7, 11) is 0. The summed E-state index contributed by atoms with van der Waals surface area (Å²) in [5.41, 5.74) is 1.92. The lowest BCUT2D eigenvalue weighted by molar-refractivity contribution is 0.132. The van der Waals surface area contributed by atoms with E-state index in [0.717, 1.165) is 24.1 Å². The van der Waals surface area contributed by atoms with Crippen molar-refractivity contribution < 1.29 is 4.74 Å². The number of aromatic nitrogens is 1. The molecule has 3 nitrogen and oxygen atoms in total. The van der Waals surface area contributed by atoms with E-state index in [2.05, 4.69) is 10.3 Å². The van der Waals surface area contributed by atoms with Crippen molar-refractivity contribution in [2.45, 2.75) is 43.9 Å². The van der Waals surface area contributed by atoms with Gasteiger partial charge in [-0.2, -0.15) is 0 Å². The number of pyridine rings is 1. The number of hydrogen-bond donors (Lipinski definition) is 1. The molecule has 4 rings (SSSR count). The van der Waals surface area contributed by atoms with Crippen LogP contribution in [0.15, 0.2) is 42.5 Å². The van der Waals surface area contributed by atoms with Crippen molar-refractivity contribution in [1.29, 1.82) is 0 Å². The van der Waals surface area contributed by atoms with Crippen molar-refractivity contribution in [3.63, 3.8) is 0 Å². The molecule has 114 valence electrons. The quantitative estimate of drug-likeness (QED) is 0.927. The topological polar surface area (TPSA) is 34.1 Å². The van der Waals surface area contributed by atoms with E-state index in [1.165, 1.54) is 12.8 Å².